The SMILES string of the molecule is Cc1ccc(CC(=O)N2CCC(N)C(C)(C)C2)cc1.Cl. The lowest BCUT2D eigenvalue weighted by atomic mass is 9.79. The van der Waals surface area contributed by atoms with Crippen LogP contribution in [0.25, 0.3) is 0 Å². The smallest absolute Gasteiger partial charge is 0.227 e. The Labute approximate surface area is 127 Å². The molecule has 1 aromatic rings. The molecule has 0 aliphatic carbocycles. The summed E-state index contributed by atoms with van der Waals surface area (Å²) in [7, 11) is 0. The van der Waals surface area contributed by atoms with Crippen molar-refractivity contribution in [1.82, 2.24) is 4.90 Å². The van der Waals surface area contributed by atoms with E-state index in [1.807, 2.05) is 17.0 Å². The van der Waals surface area contributed by atoms with Gasteiger partial charge in [-0.1, -0.05) is 43.7 Å². The van der Waals surface area contributed by atoms with Crippen LogP contribution in [0.4, 0.5) is 0 Å². The van der Waals surface area contributed by atoms with Gasteiger partial charge in [0.15, 0.2) is 0 Å². The van der Waals surface area contributed by atoms with Gasteiger partial charge in [0.2, 0.25) is 5.91 Å². The maximum absolute atomic E-state index is 12.3. The van der Waals surface area contributed by atoms with E-state index in [1.54, 1.807) is 0 Å². The maximum atomic E-state index is 12.3. The summed E-state index contributed by atoms with van der Waals surface area (Å²) in [6.07, 6.45) is 1.39. The zero-order valence-electron chi connectivity index (χ0n) is 12.6. The number of rotatable bonds is 2. The highest BCUT2D eigenvalue weighted by atomic mass is 35.5. The Hall–Kier alpha value is -1.06. The molecule has 3 nitrogen and oxygen atoms in total. The van der Waals surface area contributed by atoms with Crippen molar-refractivity contribution in [2.75, 3.05) is 13.1 Å². The van der Waals surface area contributed by atoms with E-state index in [9.17, 15) is 4.79 Å². The van der Waals surface area contributed by atoms with Crippen LogP contribution in [0.1, 0.15) is 31.4 Å². The first-order valence-corrected chi connectivity index (χ1v) is 6.97. The second-order valence-corrected chi connectivity index (χ2v) is 6.36. The molecule has 1 heterocycles. The van der Waals surface area contributed by atoms with Gasteiger partial charge >= 0.3 is 0 Å². The number of nitrogens with zero attached hydrogens (tertiary/aromatic N) is 1. The fourth-order valence-electron chi connectivity index (χ4n) is 2.58. The van der Waals surface area contributed by atoms with Gasteiger partial charge in [0.25, 0.3) is 0 Å². The van der Waals surface area contributed by atoms with Crippen molar-refractivity contribution >= 4 is 18.3 Å². The summed E-state index contributed by atoms with van der Waals surface area (Å²) in [4.78, 5) is 14.3. The largest absolute Gasteiger partial charge is 0.342 e. The fourth-order valence-corrected chi connectivity index (χ4v) is 2.58. The monoisotopic (exact) mass is 296 g/mol. The van der Waals surface area contributed by atoms with E-state index in [1.165, 1.54) is 5.56 Å². The molecule has 1 aliphatic heterocycles. The van der Waals surface area contributed by atoms with Crippen LogP contribution >= 0.6 is 12.4 Å². The molecule has 2 rings (SSSR count). The van der Waals surface area contributed by atoms with Crippen LogP contribution in [0.3, 0.4) is 0 Å². The Bertz CT molecular complexity index is 456. The molecule has 2 N–H and O–H groups in total. The minimum absolute atomic E-state index is 0. The third kappa shape index (κ3) is 3.97. The molecule has 1 atom stereocenters. The molecule has 1 unspecified atom stereocenters. The van der Waals surface area contributed by atoms with Crippen LogP contribution in [-0.2, 0) is 11.2 Å². The minimum atomic E-state index is 0. The van der Waals surface area contributed by atoms with E-state index in [2.05, 4.69) is 32.9 Å². The molecule has 1 fully saturated rings. The van der Waals surface area contributed by atoms with E-state index in [-0.39, 0.29) is 29.8 Å². The van der Waals surface area contributed by atoms with Crippen LogP contribution in [-0.4, -0.2) is 29.9 Å². The molecule has 1 aliphatic rings. The predicted molar refractivity (Wildman–Crippen MR) is 85.1 cm³/mol. The second kappa shape index (κ2) is 6.59. The van der Waals surface area contributed by atoms with Crippen molar-refractivity contribution in [3.8, 4) is 0 Å². The topological polar surface area (TPSA) is 46.3 Å². The molecular weight excluding hydrogens is 272 g/mol. The van der Waals surface area contributed by atoms with Crippen molar-refractivity contribution in [3.05, 3.63) is 35.4 Å². The van der Waals surface area contributed by atoms with Crippen LogP contribution in [0.15, 0.2) is 24.3 Å². The number of carbonyl (C=O) groups is 1. The minimum Gasteiger partial charge on any atom is -0.342 e. The Morgan fingerprint density at radius 3 is 2.50 bits per heavy atom. The van der Waals surface area contributed by atoms with Gasteiger partial charge in [-0.15, -0.1) is 12.4 Å². The number of carbonyl (C=O) groups excluding carboxylic acids is 1. The first-order chi connectivity index (χ1) is 8.88. The maximum Gasteiger partial charge on any atom is 0.227 e. The summed E-state index contributed by atoms with van der Waals surface area (Å²) in [6, 6.07) is 8.37. The number of benzene rings is 1. The summed E-state index contributed by atoms with van der Waals surface area (Å²) in [6.45, 7) is 7.89. The highest BCUT2D eigenvalue weighted by molar-refractivity contribution is 5.85. The first-order valence-electron chi connectivity index (χ1n) is 6.97. The van der Waals surface area contributed by atoms with Crippen LogP contribution in [0, 0.1) is 12.3 Å². The van der Waals surface area contributed by atoms with Crippen LogP contribution in [0.2, 0.25) is 0 Å². The average Bonchev–Trinajstić information content (AvgIpc) is 2.35. The summed E-state index contributed by atoms with van der Waals surface area (Å²) in [5, 5.41) is 0. The van der Waals surface area contributed by atoms with Crippen molar-refractivity contribution < 1.29 is 4.79 Å². The lowest BCUT2D eigenvalue weighted by Crippen LogP contribution is -2.54. The summed E-state index contributed by atoms with van der Waals surface area (Å²) in [5.74, 6) is 0.212. The van der Waals surface area contributed by atoms with E-state index in [0.717, 1.165) is 25.1 Å². The van der Waals surface area contributed by atoms with Gasteiger partial charge in [-0.3, -0.25) is 4.79 Å². The van der Waals surface area contributed by atoms with Crippen molar-refractivity contribution in [3.63, 3.8) is 0 Å². The number of amides is 1. The molecule has 20 heavy (non-hydrogen) atoms. The van der Waals surface area contributed by atoms with Crippen molar-refractivity contribution in [2.45, 2.75) is 39.7 Å². The zero-order chi connectivity index (χ0) is 14.0. The lowest BCUT2D eigenvalue weighted by molar-refractivity contribution is -0.133. The van der Waals surface area contributed by atoms with Gasteiger partial charge in [0.1, 0.15) is 0 Å². The van der Waals surface area contributed by atoms with E-state index in [4.69, 9.17) is 5.73 Å². The summed E-state index contributed by atoms with van der Waals surface area (Å²) >= 11 is 0. The normalized spacial score (nSPS) is 21.2. The number of piperidine rings is 1. The quantitative estimate of drug-likeness (QED) is 0.911. The zero-order valence-corrected chi connectivity index (χ0v) is 13.4. The number of likely N-dealkylation sites (tertiary alicyclic amines) is 1. The van der Waals surface area contributed by atoms with Crippen LogP contribution in [0.5, 0.6) is 0 Å². The van der Waals surface area contributed by atoms with Crippen molar-refractivity contribution in [1.29, 1.82) is 0 Å². The van der Waals surface area contributed by atoms with Crippen molar-refractivity contribution in [2.24, 2.45) is 11.1 Å². The molecule has 0 radical (unpaired) electrons. The van der Waals surface area contributed by atoms with Gasteiger partial charge in [0.05, 0.1) is 6.42 Å². The third-order valence-electron chi connectivity index (χ3n) is 4.14. The van der Waals surface area contributed by atoms with E-state index in [0.29, 0.717) is 6.42 Å². The molecule has 0 saturated carbocycles. The second-order valence-electron chi connectivity index (χ2n) is 6.36. The average molecular weight is 297 g/mol. The van der Waals surface area contributed by atoms with Gasteiger partial charge in [-0.25, -0.2) is 0 Å². The highest BCUT2D eigenvalue weighted by Crippen LogP contribution is 2.28. The Morgan fingerprint density at radius 2 is 1.95 bits per heavy atom. The highest BCUT2D eigenvalue weighted by Gasteiger charge is 2.35. The number of hydrogen-bond acceptors (Lipinski definition) is 2. The first kappa shape index (κ1) is 17.0. The number of nitrogens with two attached hydrogens (primary N) is 1. The van der Waals surface area contributed by atoms with E-state index >= 15 is 0 Å². The van der Waals surface area contributed by atoms with Gasteiger partial charge < -0.3 is 10.6 Å². The van der Waals surface area contributed by atoms with Crippen LogP contribution < -0.4 is 5.73 Å². The van der Waals surface area contributed by atoms with E-state index < -0.39 is 0 Å². The molecule has 1 saturated heterocycles. The molecular formula is C16H25ClN2O. The number of hydrogen-bond donors (Lipinski definition) is 1. The molecule has 0 spiro atoms. The Morgan fingerprint density at radius 1 is 1.35 bits per heavy atom. The standard InChI is InChI=1S/C16H24N2O.ClH/c1-12-4-6-13(7-5-12)10-15(19)18-9-8-14(17)16(2,3)11-18;/h4-7,14H,8-11,17H2,1-3H3;1H. The number of aryl methyl sites for hydroxylation is 1. The third-order valence-corrected chi connectivity index (χ3v) is 4.14. The molecule has 0 bridgehead atoms. The number of halogens is 1. The Balaban J connectivity index is 0.00000200. The molecule has 1 aromatic carbocycles. The Kier molecular flexibility index (Phi) is 5.60. The molecule has 0 aromatic heterocycles. The molecule has 1 amide bonds. The lowest BCUT2D eigenvalue weighted by Gasteiger charge is -2.42. The predicted octanol–water partition coefficient (Wildman–Crippen LogP) is 2.55. The van der Waals surface area contributed by atoms with Gasteiger partial charge in [0, 0.05) is 19.1 Å². The van der Waals surface area contributed by atoms with Gasteiger partial charge in [-0.2, -0.15) is 0 Å². The summed E-state index contributed by atoms with van der Waals surface area (Å²) < 4.78 is 0. The molecule has 112 valence electrons. The fraction of sp³-hybridized carbons (Fsp3) is 0.562. The van der Waals surface area contributed by atoms with Gasteiger partial charge in [-0.05, 0) is 24.3 Å². The molecule has 4 heteroatoms. The summed E-state index contributed by atoms with van der Waals surface area (Å²) in [5.41, 5.74) is 8.43.